The van der Waals surface area contributed by atoms with Gasteiger partial charge in [-0.3, -0.25) is 19.7 Å². The van der Waals surface area contributed by atoms with Crippen LogP contribution in [0.25, 0.3) is 0 Å². The van der Waals surface area contributed by atoms with Crippen LogP contribution in [-0.4, -0.2) is 36.0 Å². The molecule has 29 heavy (non-hydrogen) atoms. The van der Waals surface area contributed by atoms with Crippen molar-refractivity contribution >= 4 is 23.2 Å². The van der Waals surface area contributed by atoms with Crippen molar-refractivity contribution in [3.05, 3.63) is 58.1 Å². The predicted octanol–water partition coefficient (Wildman–Crippen LogP) is 3.15. The highest BCUT2D eigenvalue weighted by Gasteiger charge is 2.20. The van der Waals surface area contributed by atoms with Gasteiger partial charge in [-0.2, -0.15) is 0 Å². The third-order valence-corrected chi connectivity index (χ3v) is 3.88. The molecule has 0 heterocycles. The van der Waals surface area contributed by atoms with Gasteiger partial charge in [0.15, 0.2) is 0 Å². The van der Waals surface area contributed by atoms with E-state index in [0.717, 1.165) is 6.07 Å². The van der Waals surface area contributed by atoms with Gasteiger partial charge in [0, 0.05) is 23.8 Å². The van der Waals surface area contributed by atoms with Crippen molar-refractivity contribution in [3.8, 4) is 11.5 Å². The second-order valence-electron chi connectivity index (χ2n) is 6.02. The Bertz CT molecular complexity index is 900. The minimum absolute atomic E-state index is 0.0900. The molecule has 2 aromatic carbocycles. The molecule has 0 aliphatic rings. The second-order valence-corrected chi connectivity index (χ2v) is 6.02. The molecular weight excluding hydrogens is 378 g/mol. The van der Waals surface area contributed by atoms with E-state index in [9.17, 15) is 19.7 Å². The summed E-state index contributed by atoms with van der Waals surface area (Å²) in [5, 5.41) is 16.1. The zero-order chi connectivity index (χ0) is 21.4. The molecule has 1 atom stereocenters. The molecule has 2 aromatic rings. The van der Waals surface area contributed by atoms with Gasteiger partial charge in [-0.1, -0.05) is 6.07 Å². The fourth-order valence-corrected chi connectivity index (χ4v) is 2.49. The summed E-state index contributed by atoms with van der Waals surface area (Å²) in [6.07, 6.45) is 0. The molecule has 0 spiro atoms. The van der Waals surface area contributed by atoms with Gasteiger partial charge in [0.05, 0.1) is 23.8 Å². The van der Waals surface area contributed by atoms with E-state index in [4.69, 9.17) is 9.47 Å². The van der Waals surface area contributed by atoms with Crippen LogP contribution in [0.5, 0.6) is 11.5 Å². The first-order valence-electron chi connectivity index (χ1n) is 9.11. The van der Waals surface area contributed by atoms with E-state index in [1.807, 2.05) is 13.8 Å². The Hall–Kier alpha value is -3.62. The number of ether oxygens (including phenoxy) is 2. The summed E-state index contributed by atoms with van der Waals surface area (Å²) >= 11 is 0. The highest BCUT2D eigenvalue weighted by Crippen LogP contribution is 2.29. The lowest BCUT2D eigenvalue weighted by molar-refractivity contribution is -0.384. The van der Waals surface area contributed by atoms with E-state index in [1.54, 1.807) is 18.2 Å². The fourth-order valence-electron chi connectivity index (χ4n) is 2.49. The Morgan fingerprint density at radius 2 is 1.83 bits per heavy atom. The molecule has 0 radical (unpaired) electrons. The first-order valence-corrected chi connectivity index (χ1v) is 9.11. The lowest BCUT2D eigenvalue weighted by Gasteiger charge is -2.17. The molecule has 1 unspecified atom stereocenters. The van der Waals surface area contributed by atoms with Crippen LogP contribution in [0.1, 0.15) is 31.1 Å². The number of carbonyl (C=O) groups is 2. The Morgan fingerprint density at radius 1 is 1.10 bits per heavy atom. The highest BCUT2D eigenvalue weighted by atomic mass is 16.6. The largest absolute Gasteiger partial charge is 0.494 e. The van der Waals surface area contributed by atoms with Gasteiger partial charge >= 0.3 is 0 Å². The van der Waals surface area contributed by atoms with Gasteiger partial charge in [-0.05, 0) is 39.0 Å². The van der Waals surface area contributed by atoms with Crippen LogP contribution in [-0.2, 0) is 4.79 Å². The second kappa shape index (κ2) is 10.1. The molecule has 0 aliphatic heterocycles. The van der Waals surface area contributed by atoms with Crippen molar-refractivity contribution < 1.29 is 24.0 Å². The van der Waals surface area contributed by atoms with Gasteiger partial charge in [0.1, 0.15) is 17.5 Å². The summed E-state index contributed by atoms with van der Waals surface area (Å²) < 4.78 is 11.0. The number of nitro groups is 1. The quantitative estimate of drug-likeness (QED) is 0.492. The maximum Gasteiger partial charge on any atom is 0.270 e. The zero-order valence-electron chi connectivity index (χ0n) is 16.4. The van der Waals surface area contributed by atoms with E-state index < -0.39 is 22.8 Å². The number of rotatable bonds is 9. The maximum atomic E-state index is 12.5. The number of nitrogens with zero attached hydrogens (tertiary/aromatic N) is 1. The number of hydrogen-bond donors (Lipinski definition) is 2. The number of nitro benzene ring substituents is 1. The minimum Gasteiger partial charge on any atom is -0.494 e. The van der Waals surface area contributed by atoms with Crippen LogP contribution in [0.15, 0.2) is 42.5 Å². The lowest BCUT2D eigenvalue weighted by Crippen LogP contribution is -2.41. The standard InChI is InChI=1S/C20H23N3O6/c1-4-28-16-9-10-18(29-5-2)17(12-16)22-19(24)13(3)21-20(25)14-7-6-8-15(11-14)23(26)27/h6-13H,4-5H2,1-3H3,(H,21,25)(H,22,24). The van der Waals surface area contributed by atoms with E-state index in [-0.39, 0.29) is 11.3 Å². The van der Waals surface area contributed by atoms with E-state index in [1.165, 1.54) is 25.1 Å². The maximum absolute atomic E-state index is 12.5. The Morgan fingerprint density at radius 3 is 2.48 bits per heavy atom. The molecule has 0 fully saturated rings. The molecule has 2 rings (SSSR count). The smallest absolute Gasteiger partial charge is 0.270 e. The number of nitrogens with one attached hydrogen (secondary N) is 2. The van der Waals surface area contributed by atoms with Crippen LogP contribution in [0.3, 0.4) is 0 Å². The Kier molecular flexibility index (Phi) is 7.53. The average molecular weight is 401 g/mol. The number of anilines is 1. The van der Waals surface area contributed by atoms with Crippen LogP contribution in [0, 0.1) is 10.1 Å². The number of benzene rings is 2. The Balaban J connectivity index is 2.10. The van der Waals surface area contributed by atoms with Crippen LogP contribution in [0.4, 0.5) is 11.4 Å². The predicted molar refractivity (Wildman–Crippen MR) is 107 cm³/mol. The minimum atomic E-state index is -0.896. The van der Waals surface area contributed by atoms with Gasteiger partial charge in [-0.15, -0.1) is 0 Å². The normalized spacial score (nSPS) is 11.3. The number of amides is 2. The van der Waals surface area contributed by atoms with Crippen molar-refractivity contribution in [3.63, 3.8) is 0 Å². The van der Waals surface area contributed by atoms with Crippen LogP contribution in [0.2, 0.25) is 0 Å². The third kappa shape index (κ3) is 5.93. The lowest BCUT2D eigenvalue weighted by atomic mass is 10.1. The number of non-ortho nitro benzene ring substituents is 1. The SMILES string of the molecule is CCOc1ccc(OCC)c(NC(=O)C(C)NC(=O)c2cccc([N+](=O)[O-])c2)c1. The van der Waals surface area contributed by atoms with Crippen LogP contribution < -0.4 is 20.1 Å². The molecule has 154 valence electrons. The number of carbonyl (C=O) groups excluding carboxylic acids is 2. The molecule has 0 bridgehead atoms. The van der Waals surface area contributed by atoms with Gasteiger partial charge in [0.2, 0.25) is 5.91 Å². The molecule has 0 aromatic heterocycles. The van der Waals surface area contributed by atoms with Crippen molar-refractivity contribution in [2.75, 3.05) is 18.5 Å². The number of hydrogen-bond acceptors (Lipinski definition) is 6. The summed E-state index contributed by atoms with van der Waals surface area (Å²) in [5.41, 5.74) is 0.301. The molecule has 0 aliphatic carbocycles. The zero-order valence-corrected chi connectivity index (χ0v) is 16.4. The van der Waals surface area contributed by atoms with E-state index >= 15 is 0 Å². The van der Waals surface area contributed by atoms with E-state index in [0.29, 0.717) is 30.4 Å². The molecule has 0 saturated carbocycles. The Labute approximate surface area is 168 Å². The molecule has 2 N–H and O–H groups in total. The van der Waals surface area contributed by atoms with Gasteiger partial charge in [0.25, 0.3) is 11.6 Å². The fraction of sp³-hybridized carbons (Fsp3) is 0.300. The molecule has 0 saturated heterocycles. The summed E-state index contributed by atoms with van der Waals surface area (Å²) in [6, 6.07) is 9.45. The molecule has 2 amide bonds. The first kappa shape index (κ1) is 21.7. The summed E-state index contributed by atoms with van der Waals surface area (Å²) in [4.78, 5) is 35.2. The molecule has 9 heteroatoms. The average Bonchev–Trinajstić information content (AvgIpc) is 2.70. The van der Waals surface area contributed by atoms with Gasteiger partial charge in [-0.25, -0.2) is 0 Å². The topological polar surface area (TPSA) is 120 Å². The van der Waals surface area contributed by atoms with E-state index in [2.05, 4.69) is 10.6 Å². The highest BCUT2D eigenvalue weighted by molar-refractivity contribution is 6.01. The molecular formula is C20H23N3O6. The van der Waals surface area contributed by atoms with Crippen molar-refractivity contribution in [2.24, 2.45) is 0 Å². The van der Waals surface area contributed by atoms with Gasteiger partial charge < -0.3 is 20.1 Å². The third-order valence-electron chi connectivity index (χ3n) is 3.88. The first-order chi connectivity index (χ1) is 13.8. The van der Waals surface area contributed by atoms with Crippen molar-refractivity contribution in [1.82, 2.24) is 5.32 Å². The monoisotopic (exact) mass is 401 g/mol. The van der Waals surface area contributed by atoms with Crippen molar-refractivity contribution in [1.29, 1.82) is 0 Å². The van der Waals surface area contributed by atoms with Crippen molar-refractivity contribution in [2.45, 2.75) is 26.8 Å². The summed E-state index contributed by atoms with van der Waals surface area (Å²) in [6.45, 7) is 6.06. The summed E-state index contributed by atoms with van der Waals surface area (Å²) in [7, 11) is 0. The van der Waals surface area contributed by atoms with Crippen LogP contribution >= 0.6 is 0 Å². The summed E-state index contributed by atoms with van der Waals surface area (Å²) in [5.74, 6) is -0.0242. The molecule has 9 nitrogen and oxygen atoms in total.